The molecule has 0 spiro atoms. The molecule has 1 saturated heterocycles. The molecule has 0 radical (unpaired) electrons. The maximum atomic E-state index is 12.3. The number of aryl methyl sites for hydroxylation is 2. The molecule has 5 nitrogen and oxygen atoms in total. The average molecular weight is 343 g/mol. The number of carbonyl (C=O) groups excluding carboxylic acids is 1. The van der Waals surface area contributed by atoms with Crippen molar-refractivity contribution in [2.75, 3.05) is 32.7 Å². The van der Waals surface area contributed by atoms with Gasteiger partial charge in [-0.05, 0) is 29.3 Å². The smallest absolute Gasteiger partial charge is 0.152 e. The van der Waals surface area contributed by atoms with Crippen molar-refractivity contribution < 1.29 is 4.79 Å². The summed E-state index contributed by atoms with van der Waals surface area (Å²) < 4.78 is 2.95. The molecule has 6 heteroatoms. The van der Waals surface area contributed by atoms with Gasteiger partial charge < -0.3 is 5.32 Å². The summed E-state index contributed by atoms with van der Waals surface area (Å²) in [7, 11) is 0. The quantitative estimate of drug-likeness (QED) is 0.845. The summed E-state index contributed by atoms with van der Waals surface area (Å²) in [6.07, 6.45) is 1.35. The summed E-state index contributed by atoms with van der Waals surface area (Å²) in [6.45, 7) is 9.36. The number of nitrogens with one attached hydrogen (secondary N) is 1. The molecule has 0 aromatic carbocycles. The van der Waals surface area contributed by atoms with Crippen LogP contribution < -0.4 is 5.32 Å². The van der Waals surface area contributed by atoms with E-state index < -0.39 is 0 Å². The number of ketones is 1. The summed E-state index contributed by atoms with van der Waals surface area (Å²) in [5.74, 6) is 0.268. The monoisotopic (exact) mass is 342 g/mol. The largest absolute Gasteiger partial charge is 0.314 e. The Labute approximate surface area is 128 Å². The lowest BCUT2D eigenvalue weighted by Crippen LogP contribution is -2.45. The Morgan fingerprint density at radius 3 is 2.65 bits per heavy atom. The van der Waals surface area contributed by atoms with Gasteiger partial charge in [-0.15, -0.1) is 0 Å². The Morgan fingerprint density at radius 2 is 2.05 bits per heavy atom. The fourth-order valence-corrected chi connectivity index (χ4v) is 3.25. The van der Waals surface area contributed by atoms with E-state index in [9.17, 15) is 4.79 Å². The van der Waals surface area contributed by atoms with Crippen LogP contribution in [0.4, 0.5) is 0 Å². The van der Waals surface area contributed by atoms with Gasteiger partial charge in [0, 0.05) is 32.7 Å². The highest BCUT2D eigenvalue weighted by molar-refractivity contribution is 9.10. The molecule has 0 bridgehead atoms. The SMILES string of the molecule is CCc1nn(CC)c(CC(=O)CN2CCNCC2)c1Br. The number of Topliss-reactive ketones (excluding diaryl/α,β-unsaturated/α-hetero) is 1. The van der Waals surface area contributed by atoms with Gasteiger partial charge >= 0.3 is 0 Å². The highest BCUT2D eigenvalue weighted by atomic mass is 79.9. The first-order valence-electron chi connectivity index (χ1n) is 7.34. The van der Waals surface area contributed by atoms with Crippen LogP contribution in [0.3, 0.4) is 0 Å². The van der Waals surface area contributed by atoms with Crippen molar-refractivity contribution in [1.82, 2.24) is 20.0 Å². The molecule has 0 unspecified atom stereocenters. The summed E-state index contributed by atoms with van der Waals surface area (Å²) in [5.41, 5.74) is 2.06. The van der Waals surface area contributed by atoms with Crippen LogP contribution >= 0.6 is 15.9 Å². The van der Waals surface area contributed by atoms with Gasteiger partial charge in [0.25, 0.3) is 0 Å². The number of hydrogen-bond acceptors (Lipinski definition) is 4. The average Bonchev–Trinajstić information content (AvgIpc) is 2.76. The van der Waals surface area contributed by atoms with Gasteiger partial charge in [0.1, 0.15) is 0 Å². The number of nitrogens with zero attached hydrogens (tertiary/aromatic N) is 3. The van der Waals surface area contributed by atoms with Gasteiger partial charge in [-0.25, -0.2) is 0 Å². The summed E-state index contributed by atoms with van der Waals surface area (Å²) in [5, 5.41) is 7.84. The van der Waals surface area contributed by atoms with E-state index in [1.807, 2.05) is 4.68 Å². The van der Waals surface area contributed by atoms with Crippen molar-refractivity contribution in [2.45, 2.75) is 33.2 Å². The van der Waals surface area contributed by atoms with E-state index in [4.69, 9.17) is 0 Å². The molecular weight excluding hydrogens is 320 g/mol. The second-order valence-electron chi connectivity index (χ2n) is 5.12. The minimum absolute atomic E-state index is 0.268. The lowest BCUT2D eigenvalue weighted by atomic mass is 10.2. The van der Waals surface area contributed by atoms with Crippen molar-refractivity contribution in [3.8, 4) is 0 Å². The highest BCUT2D eigenvalue weighted by Gasteiger charge is 2.19. The second-order valence-corrected chi connectivity index (χ2v) is 5.91. The molecule has 1 aliphatic heterocycles. The molecule has 1 aliphatic rings. The Bertz CT molecular complexity index is 466. The van der Waals surface area contributed by atoms with E-state index in [1.165, 1.54) is 0 Å². The fraction of sp³-hybridized carbons (Fsp3) is 0.714. The van der Waals surface area contributed by atoms with Crippen LogP contribution in [-0.2, 0) is 24.2 Å². The molecule has 1 fully saturated rings. The number of halogens is 1. The summed E-state index contributed by atoms with van der Waals surface area (Å²) >= 11 is 3.60. The zero-order chi connectivity index (χ0) is 14.5. The van der Waals surface area contributed by atoms with Gasteiger partial charge in [0.05, 0.1) is 28.8 Å². The predicted octanol–water partition coefficient (Wildman–Crippen LogP) is 1.24. The molecule has 112 valence electrons. The normalized spacial score (nSPS) is 16.6. The predicted molar refractivity (Wildman–Crippen MR) is 83.0 cm³/mol. The van der Waals surface area contributed by atoms with Crippen molar-refractivity contribution >= 4 is 21.7 Å². The molecule has 0 atom stereocenters. The van der Waals surface area contributed by atoms with Gasteiger partial charge in [0.15, 0.2) is 5.78 Å². The third kappa shape index (κ3) is 3.68. The zero-order valence-corrected chi connectivity index (χ0v) is 13.9. The number of piperazine rings is 1. The van der Waals surface area contributed by atoms with Crippen molar-refractivity contribution in [1.29, 1.82) is 0 Å². The van der Waals surface area contributed by atoms with E-state index in [-0.39, 0.29) is 5.78 Å². The number of hydrogen-bond donors (Lipinski definition) is 1. The van der Waals surface area contributed by atoms with E-state index in [2.05, 4.69) is 45.1 Å². The maximum absolute atomic E-state index is 12.3. The lowest BCUT2D eigenvalue weighted by Gasteiger charge is -2.26. The van der Waals surface area contributed by atoms with Gasteiger partial charge in [0.2, 0.25) is 0 Å². The van der Waals surface area contributed by atoms with Crippen LogP contribution in [0.2, 0.25) is 0 Å². The van der Waals surface area contributed by atoms with Crippen LogP contribution in [0.25, 0.3) is 0 Å². The molecule has 0 saturated carbocycles. The van der Waals surface area contributed by atoms with Crippen molar-refractivity contribution in [2.24, 2.45) is 0 Å². The Kier molecular flexibility index (Phi) is 5.74. The van der Waals surface area contributed by atoms with Crippen molar-refractivity contribution in [3.63, 3.8) is 0 Å². The first kappa shape index (κ1) is 15.7. The summed E-state index contributed by atoms with van der Waals surface area (Å²) in [4.78, 5) is 14.5. The minimum atomic E-state index is 0.268. The fourth-order valence-electron chi connectivity index (χ4n) is 2.55. The molecular formula is C14H23BrN4O. The standard InChI is InChI=1S/C14H23BrN4O/c1-3-12-14(15)13(19(4-2)17-12)9-11(20)10-18-7-5-16-6-8-18/h16H,3-10H2,1-2H3. The second kappa shape index (κ2) is 7.33. The number of rotatable bonds is 6. The van der Waals surface area contributed by atoms with Crippen LogP contribution in [0.1, 0.15) is 25.2 Å². The Balaban J connectivity index is 2.01. The van der Waals surface area contributed by atoms with E-state index >= 15 is 0 Å². The van der Waals surface area contributed by atoms with E-state index in [0.717, 1.165) is 55.0 Å². The molecule has 2 rings (SSSR count). The number of aromatic nitrogens is 2. The van der Waals surface area contributed by atoms with Crippen LogP contribution in [0, 0.1) is 0 Å². The third-order valence-electron chi connectivity index (χ3n) is 3.67. The first-order chi connectivity index (χ1) is 9.65. The van der Waals surface area contributed by atoms with Crippen molar-refractivity contribution in [3.05, 3.63) is 15.9 Å². The van der Waals surface area contributed by atoms with Crippen LogP contribution in [0.15, 0.2) is 4.47 Å². The van der Waals surface area contributed by atoms with Crippen LogP contribution in [0.5, 0.6) is 0 Å². The molecule has 20 heavy (non-hydrogen) atoms. The summed E-state index contributed by atoms with van der Waals surface area (Å²) in [6, 6.07) is 0. The van der Waals surface area contributed by atoms with Gasteiger partial charge in [-0.1, -0.05) is 6.92 Å². The highest BCUT2D eigenvalue weighted by Crippen LogP contribution is 2.23. The topological polar surface area (TPSA) is 50.2 Å². The van der Waals surface area contributed by atoms with Crippen LogP contribution in [-0.4, -0.2) is 53.2 Å². The van der Waals surface area contributed by atoms with E-state index in [1.54, 1.807) is 0 Å². The lowest BCUT2D eigenvalue weighted by molar-refractivity contribution is -0.119. The van der Waals surface area contributed by atoms with Gasteiger partial charge in [-0.2, -0.15) is 5.10 Å². The molecule has 0 amide bonds. The third-order valence-corrected chi connectivity index (χ3v) is 4.58. The van der Waals surface area contributed by atoms with E-state index in [0.29, 0.717) is 13.0 Å². The van der Waals surface area contributed by atoms with Gasteiger partial charge in [-0.3, -0.25) is 14.4 Å². The Hall–Kier alpha value is -0.720. The molecule has 1 N–H and O–H groups in total. The number of carbonyl (C=O) groups is 1. The molecule has 1 aromatic heterocycles. The molecule has 0 aliphatic carbocycles. The molecule has 1 aromatic rings. The Morgan fingerprint density at radius 1 is 1.35 bits per heavy atom. The molecule has 2 heterocycles. The zero-order valence-electron chi connectivity index (χ0n) is 12.3. The maximum Gasteiger partial charge on any atom is 0.152 e. The minimum Gasteiger partial charge on any atom is -0.314 e. The first-order valence-corrected chi connectivity index (χ1v) is 8.13.